The molecule has 0 aliphatic heterocycles. The van der Waals surface area contributed by atoms with Crippen LogP contribution in [0.3, 0.4) is 0 Å². The first-order chi connectivity index (χ1) is 16.6. The molecule has 3 N–H and O–H groups in total. The number of nitrogens with one attached hydrogen (secondary N) is 1. The van der Waals surface area contributed by atoms with Crippen molar-refractivity contribution in [1.29, 1.82) is 0 Å². The average molecular weight is 503 g/mol. The molecule has 189 valence electrons. The Hall–Kier alpha value is -3.12. The van der Waals surface area contributed by atoms with Crippen LogP contribution in [0.4, 0.5) is 9.93 Å². The molecule has 2 aromatic rings. The van der Waals surface area contributed by atoms with Crippen molar-refractivity contribution in [3.63, 3.8) is 0 Å². The lowest BCUT2D eigenvalue weighted by molar-refractivity contribution is 0.0565. The first kappa shape index (κ1) is 26.5. The highest BCUT2D eigenvalue weighted by molar-refractivity contribution is 7.14. The number of rotatable bonds is 10. The van der Waals surface area contributed by atoms with Gasteiger partial charge in [0.25, 0.3) is 11.8 Å². The summed E-state index contributed by atoms with van der Waals surface area (Å²) in [6.45, 7) is 10.3. The fourth-order valence-corrected chi connectivity index (χ4v) is 4.70. The van der Waals surface area contributed by atoms with Gasteiger partial charge in [0.1, 0.15) is 23.8 Å². The van der Waals surface area contributed by atoms with Gasteiger partial charge in [0, 0.05) is 18.0 Å². The van der Waals surface area contributed by atoms with Crippen LogP contribution in [0.15, 0.2) is 11.7 Å². The normalized spacial score (nSPS) is 14.2. The molecule has 0 unspecified atom stereocenters. The Labute approximate surface area is 208 Å². The maximum Gasteiger partial charge on any atom is 0.341 e. The van der Waals surface area contributed by atoms with E-state index in [9.17, 15) is 19.2 Å². The summed E-state index contributed by atoms with van der Waals surface area (Å²) in [5.74, 6) is 4.11. The molecule has 12 heteroatoms. The van der Waals surface area contributed by atoms with Crippen LogP contribution in [0.25, 0.3) is 0 Å². The standard InChI is InChI=1S/C23H32N7O4S/c1-13(2)8-17(10-31)30(21(33)19-15(5)29(12-25-19)22(34)27-24)20(32)18-11-35-23(26-18)28(9-14(3)4)16-6-7-16/h11-14,16-17H,6-9,24H2,1-5H3,(H,27,34)/t17-/m0/s1. The first-order valence-corrected chi connectivity index (χ1v) is 12.5. The van der Waals surface area contributed by atoms with E-state index in [1.165, 1.54) is 18.3 Å². The second-order valence-electron chi connectivity index (χ2n) is 9.53. The van der Waals surface area contributed by atoms with E-state index < -0.39 is 23.9 Å². The van der Waals surface area contributed by atoms with Gasteiger partial charge in [-0.25, -0.2) is 20.6 Å². The number of hydrazine groups is 1. The molecule has 35 heavy (non-hydrogen) atoms. The minimum absolute atomic E-state index is 0.00798. The second kappa shape index (κ2) is 11.1. The van der Waals surface area contributed by atoms with E-state index in [-0.39, 0.29) is 29.4 Å². The maximum absolute atomic E-state index is 13.6. The number of imide groups is 1. The van der Waals surface area contributed by atoms with Gasteiger partial charge in [-0.3, -0.25) is 29.3 Å². The Kier molecular flexibility index (Phi) is 8.39. The predicted octanol–water partition coefficient (Wildman–Crippen LogP) is 2.51. The van der Waals surface area contributed by atoms with E-state index in [0.29, 0.717) is 17.1 Å². The van der Waals surface area contributed by atoms with Gasteiger partial charge in [0.2, 0.25) is 6.29 Å². The van der Waals surface area contributed by atoms with Crippen LogP contribution in [0.2, 0.25) is 0 Å². The number of nitrogen functional groups attached to an aromatic ring is 1. The summed E-state index contributed by atoms with van der Waals surface area (Å²) < 4.78 is 1.05. The largest absolute Gasteiger partial charge is 0.345 e. The van der Waals surface area contributed by atoms with Gasteiger partial charge in [0.15, 0.2) is 5.13 Å². The number of carbonyl (C=O) groups excluding carboxylic acids is 4. The number of anilines is 1. The van der Waals surface area contributed by atoms with Crippen LogP contribution < -0.4 is 16.2 Å². The predicted molar refractivity (Wildman–Crippen MR) is 132 cm³/mol. The zero-order chi connectivity index (χ0) is 25.9. The van der Waals surface area contributed by atoms with E-state index in [0.717, 1.165) is 35.2 Å². The van der Waals surface area contributed by atoms with Gasteiger partial charge in [-0.05, 0) is 38.0 Å². The minimum Gasteiger partial charge on any atom is -0.345 e. The summed E-state index contributed by atoms with van der Waals surface area (Å²) in [7, 11) is 0. The molecule has 3 amide bonds. The van der Waals surface area contributed by atoms with Crippen molar-refractivity contribution in [1.82, 2.24) is 24.9 Å². The average Bonchev–Trinajstić information content (AvgIpc) is 3.40. The fraction of sp³-hybridized carbons (Fsp3) is 0.565. The molecule has 3 rings (SSSR count). The molecule has 1 aliphatic rings. The number of hydrogen-bond acceptors (Lipinski definition) is 9. The SMILES string of the molecule is Cc1c(C(=O)N(C(=O)c2csc(N(CC(C)C)C3CC3)n2)[C@H]([C]=O)CC(C)C)ncn1C(=O)NN. The van der Waals surface area contributed by atoms with Crippen LogP contribution in [0.5, 0.6) is 0 Å². The highest BCUT2D eigenvalue weighted by atomic mass is 32.1. The molecule has 0 saturated heterocycles. The summed E-state index contributed by atoms with van der Waals surface area (Å²) in [6.07, 6.45) is 5.36. The number of amides is 3. The molecule has 1 aliphatic carbocycles. The number of hydrogen-bond donors (Lipinski definition) is 2. The number of carbonyl (C=O) groups is 3. The number of nitrogens with zero attached hydrogens (tertiary/aromatic N) is 5. The Morgan fingerprint density at radius 2 is 1.91 bits per heavy atom. The zero-order valence-corrected chi connectivity index (χ0v) is 21.5. The highest BCUT2D eigenvalue weighted by Crippen LogP contribution is 2.34. The van der Waals surface area contributed by atoms with Crippen molar-refractivity contribution in [3.8, 4) is 0 Å². The monoisotopic (exact) mass is 502 g/mol. The summed E-state index contributed by atoms with van der Waals surface area (Å²) >= 11 is 1.34. The lowest BCUT2D eigenvalue weighted by Gasteiger charge is -2.26. The van der Waals surface area contributed by atoms with Crippen LogP contribution in [-0.4, -0.2) is 62.2 Å². The van der Waals surface area contributed by atoms with E-state index in [1.54, 1.807) is 5.38 Å². The smallest absolute Gasteiger partial charge is 0.341 e. The third kappa shape index (κ3) is 5.93. The summed E-state index contributed by atoms with van der Waals surface area (Å²) in [4.78, 5) is 62.7. The Morgan fingerprint density at radius 1 is 1.23 bits per heavy atom. The molecular formula is C23H32N7O4S. The molecule has 0 spiro atoms. The van der Waals surface area contributed by atoms with Crippen molar-refractivity contribution < 1.29 is 19.2 Å². The molecule has 2 aromatic heterocycles. The fourth-order valence-electron chi connectivity index (χ4n) is 3.82. The van der Waals surface area contributed by atoms with Crippen molar-refractivity contribution in [2.45, 2.75) is 66.0 Å². The van der Waals surface area contributed by atoms with Gasteiger partial charge >= 0.3 is 6.03 Å². The number of aromatic nitrogens is 3. The first-order valence-electron chi connectivity index (χ1n) is 11.6. The summed E-state index contributed by atoms with van der Waals surface area (Å²) in [5.41, 5.74) is 2.09. The Balaban J connectivity index is 1.97. The van der Waals surface area contributed by atoms with E-state index >= 15 is 0 Å². The summed E-state index contributed by atoms with van der Waals surface area (Å²) in [6, 6.07) is -1.42. The third-order valence-corrected chi connectivity index (χ3v) is 6.52. The van der Waals surface area contributed by atoms with Gasteiger partial charge < -0.3 is 4.90 Å². The van der Waals surface area contributed by atoms with E-state index in [2.05, 4.69) is 28.7 Å². The topological polar surface area (TPSA) is 144 Å². The molecule has 2 heterocycles. The quantitative estimate of drug-likeness (QED) is 0.218. The van der Waals surface area contributed by atoms with Crippen LogP contribution in [-0.2, 0) is 4.79 Å². The molecular weight excluding hydrogens is 470 g/mol. The maximum atomic E-state index is 13.6. The number of nitrogens with two attached hydrogens (primary N) is 1. The van der Waals surface area contributed by atoms with Crippen molar-refractivity contribution in [2.75, 3.05) is 11.4 Å². The third-order valence-electron chi connectivity index (χ3n) is 5.64. The molecule has 1 atom stereocenters. The molecule has 1 radical (unpaired) electrons. The lowest BCUT2D eigenvalue weighted by atomic mass is 10.0. The molecule has 0 aromatic carbocycles. The minimum atomic E-state index is -1.14. The second-order valence-corrected chi connectivity index (χ2v) is 10.4. The van der Waals surface area contributed by atoms with Crippen molar-refractivity contribution in [2.24, 2.45) is 17.7 Å². The Bertz CT molecular complexity index is 1090. The molecule has 1 saturated carbocycles. The molecule has 0 bridgehead atoms. The van der Waals surface area contributed by atoms with Gasteiger partial charge in [0.05, 0.1) is 5.69 Å². The van der Waals surface area contributed by atoms with Crippen LogP contribution >= 0.6 is 11.3 Å². The van der Waals surface area contributed by atoms with Crippen molar-refractivity contribution in [3.05, 3.63) is 28.8 Å². The number of thiazole rings is 1. The van der Waals surface area contributed by atoms with Gasteiger partial charge in [-0.2, -0.15) is 0 Å². The van der Waals surface area contributed by atoms with Crippen LogP contribution in [0.1, 0.15) is 73.6 Å². The Morgan fingerprint density at radius 3 is 2.46 bits per heavy atom. The summed E-state index contributed by atoms with van der Waals surface area (Å²) in [5, 5.41) is 2.32. The van der Waals surface area contributed by atoms with Gasteiger partial charge in [-0.15, -0.1) is 11.3 Å². The number of imidazole rings is 1. The van der Waals surface area contributed by atoms with Crippen molar-refractivity contribution >= 4 is 40.6 Å². The van der Waals surface area contributed by atoms with E-state index in [1.807, 2.05) is 25.6 Å². The van der Waals surface area contributed by atoms with Crippen LogP contribution in [0, 0.1) is 18.8 Å². The highest BCUT2D eigenvalue weighted by Gasteiger charge is 2.37. The van der Waals surface area contributed by atoms with E-state index in [4.69, 9.17) is 5.84 Å². The zero-order valence-electron chi connectivity index (χ0n) is 20.6. The molecule has 11 nitrogen and oxygen atoms in total. The van der Waals surface area contributed by atoms with Gasteiger partial charge in [-0.1, -0.05) is 27.7 Å². The lowest BCUT2D eigenvalue weighted by Crippen LogP contribution is -2.47. The molecule has 1 fully saturated rings.